The molecule has 1 rings (SSSR count). The Hall–Kier alpha value is -1.18. The molecule has 0 aliphatic carbocycles. The molecule has 0 aromatic heterocycles. The van der Waals surface area contributed by atoms with Crippen LogP contribution >= 0.6 is 0 Å². The highest BCUT2D eigenvalue weighted by Crippen LogP contribution is 2.15. The SMILES string of the molecule is CCCN(CC)c1ccc(N)cc1. The van der Waals surface area contributed by atoms with Gasteiger partial charge in [-0.2, -0.15) is 0 Å². The van der Waals surface area contributed by atoms with E-state index in [1.807, 2.05) is 12.1 Å². The van der Waals surface area contributed by atoms with Crippen molar-refractivity contribution >= 4 is 11.4 Å². The zero-order chi connectivity index (χ0) is 9.68. The van der Waals surface area contributed by atoms with Gasteiger partial charge in [0.1, 0.15) is 0 Å². The summed E-state index contributed by atoms with van der Waals surface area (Å²) >= 11 is 0. The smallest absolute Gasteiger partial charge is 0.0367 e. The fourth-order valence-electron chi connectivity index (χ4n) is 1.42. The average molecular weight is 178 g/mol. The minimum atomic E-state index is 0.830. The Labute approximate surface area is 80.4 Å². The summed E-state index contributed by atoms with van der Waals surface area (Å²) in [6, 6.07) is 8.06. The van der Waals surface area contributed by atoms with Crippen molar-refractivity contribution in [3.05, 3.63) is 24.3 Å². The number of rotatable bonds is 4. The molecule has 2 heteroatoms. The first-order chi connectivity index (χ1) is 6.27. The van der Waals surface area contributed by atoms with Crippen LogP contribution in [0.15, 0.2) is 24.3 Å². The predicted molar refractivity (Wildman–Crippen MR) is 59.0 cm³/mol. The third-order valence-corrected chi connectivity index (χ3v) is 2.13. The quantitative estimate of drug-likeness (QED) is 0.718. The number of nitrogen functional groups attached to an aromatic ring is 1. The Bertz CT molecular complexity index is 241. The monoisotopic (exact) mass is 178 g/mol. The molecule has 0 fully saturated rings. The van der Waals surface area contributed by atoms with Gasteiger partial charge >= 0.3 is 0 Å². The Kier molecular flexibility index (Phi) is 3.62. The van der Waals surface area contributed by atoms with Crippen LogP contribution in [-0.4, -0.2) is 13.1 Å². The van der Waals surface area contributed by atoms with Gasteiger partial charge in [0.25, 0.3) is 0 Å². The Morgan fingerprint density at radius 2 is 1.77 bits per heavy atom. The summed E-state index contributed by atoms with van der Waals surface area (Å²) in [6.45, 7) is 6.53. The first kappa shape index (κ1) is 9.90. The molecule has 0 heterocycles. The lowest BCUT2D eigenvalue weighted by Gasteiger charge is -2.22. The van der Waals surface area contributed by atoms with Crippen molar-refractivity contribution in [2.45, 2.75) is 20.3 Å². The molecule has 0 aliphatic heterocycles. The van der Waals surface area contributed by atoms with E-state index in [-0.39, 0.29) is 0 Å². The van der Waals surface area contributed by atoms with Crippen LogP contribution in [0.1, 0.15) is 20.3 Å². The molecule has 0 atom stereocenters. The maximum absolute atomic E-state index is 5.62. The second kappa shape index (κ2) is 4.75. The van der Waals surface area contributed by atoms with Crippen molar-refractivity contribution in [2.24, 2.45) is 0 Å². The van der Waals surface area contributed by atoms with Gasteiger partial charge < -0.3 is 10.6 Å². The molecule has 0 amide bonds. The summed E-state index contributed by atoms with van der Waals surface area (Å²) in [5.41, 5.74) is 7.72. The number of nitrogens with two attached hydrogens (primary N) is 1. The zero-order valence-electron chi connectivity index (χ0n) is 8.46. The molecule has 1 aromatic rings. The molecule has 0 unspecified atom stereocenters. The normalized spacial score (nSPS) is 10.0. The van der Waals surface area contributed by atoms with Crippen LogP contribution in [0.25, 0.3) is 0 Å². The number of nitrogens with zero attached hydrogens (tertiary/aromatic N) is 1. The van der Waals surface area contributed by atoms with E-state index in [1.54, 1.807) is 0 Å². The van der Waals surface area contributed by atoms with Crippen molar-refractivity contribution in [2.75, 3.05) is 23.7 Å². The molecule has 2 nitrogen and oxygen atoms in total. The highest BCUT2D eigenvalue weighted by Gasteiger charge is 2.00. The highest BCUT2D eigenvalue weighted by molar-refractivity contribution is 5.52. The van der Waals surface area contributed by atoms with Crippen LogP contribution in [0.2, 0.25) is 0 Å². The Balaban J connectivity index is 2.73. The number of hydrogen-bond donors (Lipinski definition) is 1. The third kappa shape index (κ3) is 2.65. The lowest BCUT2D eigenvalue weighted by Crippen LogP contribution is -2.23. The van der Waals surface area contributed by atoms with Gasteiger partial charge in [0, 0.05) is 24.5 Å². The minimum Gasteiger partial charge on any atom is -0.399 e. The van der Waals surface area contributed by atoms with Crippen LogP contribution in [0.3, 0.4) is 0 Å². The molecule has 0 radical (unpaired) electrons. The van der Waals surface area contributed by atoms with E-state index >= 15 is 0 Å². The van der Waals surface area contributed by atoms with Crippen LogP contribution < -0.4 is 10.6 Å². The van der Waals surface area contributed by atoms with Crippen molar-refractivity contribution in [3.63, 3.8) is 0 Å². The lowest BCUT2D eigenvalue weighted by molar-refractivity contribution is 0.792. The van der Waals surface area contributed by atoms with Gasteiger partial charge in [0.2, 0.25) is 0 Å². The van der Waals surface area contributed by atoms with Crippen molar-refractivity contribution in [3.8, 4) is 0 Å². The van der Waals surface area contributed by atoms with E-state index in [4.69, 9.17) is 5.73 Å². The van der Waals surface area contributed by atoms with E-state index in [0.29, 0.717) is 0 Å². The van der Waals surface area contributed by atoms with E-state index < -0.39 is 0 Å². The Morgan fingerprint density at radius 3 is 2.23 bits per heavy atom. The van der Waals surface area contributed by atoms with Gasteiger partial charge in [-0.05, 0) is 37.6 Å². The number of hydrogen-bond acceptors (Lipinski definition) is 2. The van der Waals surface area contributed by atoms with E-state index in [0.717, 1.165) is 18.8 Å². The van der Waals surface area contributed by atoms with Gasteiger partial charge in [-0.25, -0.2) is 0 Å². The summed E-state index contributed by atoms with van der Waals surface area (Å²) < 4.78 is 0. The lowest BCUT2D eigenvalue weighted by atomic mass is 10.2. The second-order valence-electron chi connectivity index (χ2n) is 3.17. The topological polar surface area (TPSA) is 29.3 Å². The Morgan fingerprint density at radius 1 is 1.15 bits per heavy atom. The summed E-state index contributed by atoms with van der Waals surface area (Å²) in [7, 11) is 0. The highest BCUT2D eigenvalue weighted by atomic mass is 15.1. The number of anilines is 2. The molecule has 0 aliphatic rings. The summed E-state index contributed by atoms with van der Waals surface area (Å²) in [5.74, 6) is 0. The van der Waals surface area contributed by atoms with Gasteiger partial charge in [0.15, 0.2) is 0 Å². The fourth-order valence-corrected chi connectivity index (χ4v) is 1.42. The van der Waals surface area contributed by atoms with E-state index in [1.165, 1.54) is 12.1 Å². The number of benzene rings is 1. The van der Waals surface area contributed by atoms with E-state index in [2.05, 4.69) is 30.9 Å². The summed E-state index contributed by atoms with van der Waals surface area (Å²) in [5, 5.41) is 0. The van der Waals surface area contributed by atoms with Gasteiger partial charge in [-0.3, -0.25) is 0 Å². The first-order valence-electron chi connectivity index (χ1n) is 4.88. The molecule has 0 saturated heterocycles. The second-order valence-corrected chi connectivity index (χ2v) is 3.17. The van der Waals surface area contributed by atoms with Crippen molar-refractivity contribution in [1.29, 1.82) is 0 Å². The maximum Gasteiger partial charge on any atom is 0.0367 e. The predicted octanol–water partition coefficient (Wildman–Crippen LogP) is 2.51. The molecule has 0 saturated carbocycles. The minimum absolute atomic E-state index is 0.830. The summed E-state index contributed by atoms with van der Waals surface area (Å²) in [6.07, 6.45) is 1.18. The van der Waals surface area contributed by atoms with Gasteiger partial charge in [0.05, 0.1) is 0 Å². The van der Waals surface area contributed by atoms with Crippen LogP contribution in [-0.2, 0) is 0 Å². The molecular weight excluding hydrogens is 160 g/mol. The molecule has 0 bridgehead atoms. The first-order valence-corrected chi connectivity index (χ1v) is 4.88. The summed E-state index contributed by atoms with van der Waals surface area (Å²) in [4.78, 5) is 2.35. The van der Waals surface area contributed by atoms with Crippen LogP contribution in [0, 0.1) is 0 Å². The average Bonchev–Trinajstić information content (AvgIpc) is 2.16. The molecule has 2 N–H and O–H groups in total. The molecule has 72 valence electrons. The fraction of sp³-hybridized carbons (Fsp3) is 0.455. The molecular formula is C11H18N2. The molecule has 13 heavy (non-hydrogen) atoms. The largest absolute Gasteiger partial charge is 0.399 e. The van der Waals surface area contributed by atoms with Gasteiger partial charge in [-0.1, -0.05) is 6.92 Å². The third-order valence-electron chi connectivity index (χ3n) is 2.13. The van der Waals surface area contributed by atoms with Crippen molar-refractivity contribution < 1.29 is 0 Å². The molecule has 0 spiro atoms. The zero-order valence-corrected chi connectivity index (χ0v) is 8.46. The van der Waals surface area contributed by atoms with Crippen molar-refractivity contribution in [1.82, 2.24) is 0 Å². The molecule has 1 aromatic carbocycles. The maximum atomic E-state index is 5.62. The standard InChI is InChI=1S/C11H18N2/c1-3-9-13(4-2)11-7-5-10(12)6-8-11/h5-8H,3-4,9,12H2,1-2H3. The van der Waals surface area contributed by atoms with Crippen LogP contribution in [0.4, 0.5) is 11.4 Å². The van der Waals surface area contributed by atoms with E-state index in [9.17, 15) is 0 Å². The van der Waals surface area contributed by atoms with Crippen LogP contribution in [0.5, 0.6) is 0 Å². The van der Waals surface area contributed by atoms with Gasteiger partial charge in [-0.15, -0.1) is 0 Å².